The third-order valence-corrected chi connectivity index (χ3v) is 5.68. The molecule has 116 valence electrons. The summed E-state index contributed by atoms with van der Waals surface area (Å²) < 4.78 is 0. The molecule has 1 aromatic rings. The Kier molecular flexibility index (Phi) is 5.17. The first-order chi connectivity index (χ1) is 10.3. The van der Waals surface area contributed by atoms with E-state index in [-0.39, 0.29) is 6.03 Å². The Morgan fingerprint density at radius 2 is 1.81 bits per heavy atom. The molecule has 21 heavy (non-hydrogen) atoms. The largest absolute Gasteiger partial charge is 0.335 e. The molecule has 0 atom stereocenters. The van der Waals surface area contributed by atoms with Gasteiger partial charge in [-0.05, 0) is 54.0 Å². The zero-order valence-corrected chi connectivity index (χ0v) is 13.5. The van der Waals surface area contributed by atoms with E-state index in [2.05, 4.69) is 22.1 Å². The van der Waals surface area contributed by atoms with Gasteiger partial charge in [0.1, 0.15) is 0 Å². The SMILES string of the molecule is O=C(NC1CCCCCC1)N1CCC(c2ccsc2)CC1. The fourth-order valence-corrected chi connectivity index (χ4v) is 4.36. The van der Waals surface area contributed by atoms with Gasteiger partial charge in [-0.25, -0.2) is 4.79 Å². The lowest BCUT2D eigenvalue weighted by Gasteiger charge is -2.33. The molecule has 1 aliphatic heterocycles. The van der Waals surface area contributed by atoms with Gasteiger partial charge in [-0.3, -0.25) is 0 Å². The van der Waals surface area contributed by atoms with Crippen molar-refractivity contribution < 1.29 is 4.79 Å². The molecular weight excluding hydrogens is 280 g/mol. The molecule has 2 aliphatic rings. The van der Waals surface area contributed by atoms with E-state index in [1.54, 1.807) is 11.3 Å². The molecule has 0 aromatic carbocycles. The monoisotopic (exact) mass is 306 g/mol. The molecule has 0 bridgehead atoms. The highest BCUT2D eigenvalue weighted by Gasteiger charge is 2.25. The standard InChI is InChI=1S/C17H26N2OS/c20-17(18-16-5-3-1-2-4-6-16)19-10-7-14(8-11-19)15-9-12-21-13-15/h9,12-14,16H,1-8,10-11H2,(H,18,20). The summed E-state index contributed by atoms with van der Waals surface area (Å²) in [6.07, 6.45) is 9.74. The van der Waals surface area contributed by atoms with Crippen LogP contribution < -0.4 is 5.32 Å². The smallest absolute Gasteiger partial charge is 0.317 e. The minimum absolute atomic E-state index is 0.172. The average molecular weight is 306 g/mol. The van der Waals surface area contributed by atoms with Crippen LogP contribution in [0.1, 0.15) is 62.8 Å². The quantitative estimate of drug-likeness (QED) is 0.809. The van der Waals surface area contributed by atoms with Crippen molar-refractivity contribution in [2.75, 3.05) is 13.1 Å². The van der Waals surface area contributed by atoms with Gasteiger partial charge in [0, 0.05) is 19.1 Å². The van der Waals surface area contributed by atoms with Crippen molar-refractivity contribution in [2.45, 2.75) is 63.3 Å². The number of nitrogens with zero attached hydrogens (tertiary/aromatic N) is 1. The number of carbonyl (C=O) groups is 1. The summed E-state index contributed by atoms with van der Waals surface area (Å²) in [5, 5.41) is 7.68. The summed E-state index contributed by atoms with van der Waals surface area (Å²) in [5.74, 6) is 0.651. The number of piperidine rings is 1. The summed E-state index contributed by atoms with van der Waals surface area (Å²) in [5.41, 5.74) is 1.46. The zero-order chi connectivity index (χ0) is 14.5. The first kappa shape index (κ1) is 14.9. The molecule has 2 heterocycles. The molecule has 2 amide bonds. The Balaban J connectivity index is 1.46. The van der Waals surface area contributed by atoms with Crippen LogP contribution in [0.25, 0.3) is 0 Å². The zero-order valence-electron chi connectivity index (χ0n) is 12.7. The van der Waals surface area contributed by atoms with Crippen molar-refractivity contribution in [3.8, 4) is 0 Å². The molecule has 0 spiro atoms. The second kappa shape index (κ2) is 7.30. The van der Waals surface area contributed by atoms with E-state index in [0.29, 0.717) is 12.0 Å². The maximum absolute atomic E-state index is 12.4. The van der Waals surface area contributed by atoms with Crippen LogP contribution in [0.4, 0.5) is 4.79 Å². The van der Waals surface area contributed by atoms with E-state index in [1.165, 1.54) is 31.2 Å². The summed E-state index contributed by atoms with van der Waals surface area (Å²) in [6.45, 7) is 1.80. The van der Waals surface area contributed by atoms with Crippen molar-refractivity contribution >= 4 is 17.4 Å². The molecule has 3 rings (SSSR count). The summed E-state index contributed by atoms with van der Waals surface area (Å²) in [4.78, 5) is 14.4. The van der Waals surface area contributed by atoms with Crippen molar-refractivity contribution in [2.24, 2.45) is 0 Å². The van der Waals surface area contributed by atoms with Crippen molar-refractivity contribution in [1.82, 2.24) is 10.2 Å². The lowest BCUT2D eigenvalue weighted by molar-refractivity contribution is 0.176. The molecule has 0 radical (unpaired) electrons. The lowest BCUT2D eigenvalue weighted by atomic mass is 9.91. The third-order valence-electron chi connectivity index (χ3n) is 4.98. The molecule has 4 heteroatoms. The van der Waals surface area contributed by atoms with Crippen LogP contribution in [0.5, 0.6) is 0 Å². The highest BCUT2D eigenvalue weighted by atomic mass is 32.1. The van der Waals surface area contributed by atoms with Crippen LogP contribution in [0.2, 0.25) is 0 Å². The number of hydrogen-bond acceptors (Lipinski definition) is 2. The van der Waals surface area contributed by atoms with Crippen LogP contribution in [0.15, 0.2) is 16.8 Å². The number of hydrogen-bond donors (Lipinski definition) is 1. The minimum atomic E-state index is 0.172. The maximum Gasteiger partial charge on any atom is 0.317 e. The average Bonchev–Trinajstić information content (AvgIpc) is 2.93. The van der Waals surface area contributed by atoms with E-state index < -0.39 is 0 Å². The van der Waals surface area contributed by atoms with Gasteiger partial charge in [-0.1, -0.05) is 25.7 Å². The van der Waals surface area contributed by atoms with Crippen LogP contribution in [-0.2, 0) is 0 Å². The van der Waals surface area contributed by atoms with Crippen molar-refractivity contribution in [3.63, 3.8) is 0 Å². The number of likely N-dealkylation sites (tertiary alicyclic amines) is 1. The highest BCUT2D eigenvalue weighted by molar-refractivity contribution is 7.07. The van der Waals surface area contributed by atoms with Gasteiger partial charge in [0.15, 0.2) is 0 Å². The Labute approximate surface area is 131 Å². The highest BCUT2D eigenvalue weighted by Crippen LogP contribution is 2.29. The number of thiophene rings is 1. The van der Waals surface area contributed by atoms with Gasteiger partial charge in [0.05, 0.1) is 0 Å². The van der Waals surface area contributed by atoms with Crippen molar-refractivity contribution in [3.05, 3.63) is 22.4 Å². The Hall–Kier alpha value is -1.03. The first-order valence-corrected chi connectivity index (χ1v) is 9.35. The van der Waals surface area contributed by atoms with Crippen molar-refractivity contribution in [1.29, 1.82) is 0 Å². The van der Waals surface area contributed by atoms with Gasteiger partial charge in [-0.15, -0.1) is 0 Å². The third kappa shape index (κ3) is 4.00. The van der Waals surface area contributed by atoms with Crippen LogP contribution in [0, 0.1) is 0 Å². The predicted octanol–water partition coefficient (Wildman–Crippen LogP) is 4.36. The van der Waals surface area contributed by atoms with E-state index in [1.807, 2.05) is 4.90 Å². The van der Waals surface area contributed by atoms with E-state index in [4.69, 9.17) is 0 Å². The number of rotatable bonds is 2. The Bertz CT molecular complexity index is 430. The Morgan fingerprint density at radius 1 is 1.10 bits per heavy atom. The summed E-state index contributed by atoms with van der Waals surface area (Å²) in [7, 11) is 0. The van der Waals surface area contributed by atoms with E-state index in [9.17, 15) is 4.79 Å². The van der Waals surface area contributed by atoms with E-state index >= 15 is 0 Å². The summed E-state index contributed by atoms with van der Waals surface area (Å²) in [6, 6.07) is 2.82. The lowest BCUT2D eigenvalue weighted by Crippen LogP contribution is -2.47. The molecule has 1 saturated heterocycles. The van der Waals surface area contributed by atoms with Gasteiger partial charge >= 0.3 is 6.03 Å². The molecule has 3 nitrogen and oxygen atoms in total. The topological polar surface area (TPSA) is 32.3 Å². The number of nitrogens with one attached hydrogen (secondary N) is 1. The second-order valence-corrected chi connectivity index (χ2v) is 7.24. The predicted molar refractivity (Wildman–Crippen MR) is 87.9 cm³/mol. The van der Waals surface area contributed by atoms with E-state index in [0.717, 1.165) is 38.8 Å². The van der Waals surface area contributed by atoms with Crippen LogP contribution >= 0.6 is 11.3 Å². The maximum atomic E-state index is 12.4. The first-order valence-electron chi connectivity index (χ1n) is 8.40. The molecule has 0 unspecified atom stereocenters. The number of amides is 2. The van der Waals surface area contributed by atoms with Gasteiger partial charge < -0.3 is 10.2 Å². The molecule has 1 aromatic heterocycles. The fourth-order valence-electron chi connectivity index (χ4n) is 3.61. The minimum Gasteiger partial charge on any atom is -0.335 e. The molecule has 1 aliphatic carbocycles. The van der Waals surface area contributed by atoms with Gasteiger partial charge in [0.25, 0.3) is 0 Å². The summed E-state index contributed by atoms with van der Waals surface area (Å²) >= 11 is 1.77. The fraction of sp³-hybridized carbons (Fsp3) is 0.706. The molecular formula is C17H26N2OS. The second-order valence-electron chi connectivity index (χ2n) is 6.46. The van der Waals surface area contributed by atoms with Crippen LogP contribution in [-0.4, -0.2) is 30.1 Å². The Morgan fingerprint density at radius 3 is 2.43 bits per heavy atom. The molecule has 2 fully saturated rings. The number of urea groups is 1. The van der Waals surface area contributed by atoms with Gasteiger partial charge in [-0.2, -0.15) is 11.3 Å². The molecule has 1 N–H and O–H groups in total. The van der Waals surface area contributed by atoms with Crippen LogP contribution in [0.3, 0.4) is 0 Å². The molecule has 1 saturated carbocycles. The normalized spacial score (nSPS) is 22.0. The number of carbonyl (C=O) groups excluding carboxylic acids is 1. The van der Waals surface area contributed by atoms with Gasteiger partial charge in [0.2, 0.25) is 0 Å².